The number of alkyl halides is 3. The third kappa shape index (κ3) is 4.27. The Kier molecular flexibility index (Phi) is 5.01. The highest BCUT2D eigenvalue weighted by Gasteiger charge is 2.41. The lowest BCUT2D eigenvalue weighted by Gasteiger charge is -2.30. The van der Waals surface area contributed by atoms with E-state index in [0.717, 1.165) is 0 Å². The first-order valence-corrected chi connectivity index (χ1v) is 7.34. The van der Waals surface area contributed by atoms with Gasteiger partial charge in [0.15, 0.2) is 0 Å². The van der Waals surface area contributed by atoms with Crippen molar-refractivity contribution in [2.45, 2.75) is 51.2 Å². The Bertz CT molecular complexity index is 586. The lowest BCUT2D eigenvalue weighted by atomic mass is 9.85. The number of carboxylic acid groups (broad SMARTS) is 1. The largest absolute Gasteiger partial charge is 0.481 e. The van der Waals surface area contributed by atoms with E-state index in [1.165, 1.54) is 6.26 Å². The molecule has 1 saturated carbocycles. The van der Waals surface area contributed by atoms with E-state index in [4.69, 9.17) is 9.52 Å². The summed E-state index contributed by atoms with van der Waals surface area (Å²) >= 11 is 0. The van der Waals surface area contributed by atoms with E-state index in [0.29, 0.717) is 5.56 Å². The van der Waals surface area contributed by atoms with E-state index in [1.807, 2.05) is 0 Å². The summed E-state index contributed by atoms with van der Waals surface area (Å²) in [5.74, 6) is -2.88. The van der Waals surface area contributed by atoms with Crippen LogP contribution in [0.2, 0.25) is 0 Å². The highest BCUT2D eigenvalue weighted by atomic mass is 19.4. The predicted octanol–water partition coefficient (Wildman–Crippen LogP) is 3.07. The molecule has 1 amide bonds. The van der Waals surface area contributed by atoms with E-state index in [-0.39, 0.29) is 43.0 Å². The summed E-state index contributed by atoms with van der Waals surface area (Å²) < 4.78 is 43.0. The maximum atomic E-state index is 12.6. The number of aliphatic carboxylic acids is 1. The van der Waals surface area contributed by atoms with Gasteiger partial charge in [0.2, 0.25) is 0 Å². The predicted molar refractivity (Wildman–Crippen MR) is 74.1 cm³/mol. The van der Waals surface area contributed by atoms with Crippen LogP contribution in [0.1, 0.15) is 47.4 Å². The van der Waals surface area contributed by atoms with Crippen LogP contribution < -0.4 is 5.32 Å². The number of carboxylic acids is 1. The van der Waals surface area contributed by atoms with Crippen LogP contribution >= 0.6 is 0 Å². The molecule has 0 radical (unpaired) electrons. The zero-order valence-electron chi connectivity index (χ0n) is 12.6. The minimum absolute atomic E-state index is 0.0131. The lowest BCUT2D eigenvalue weighted by Crippen LogP contribution is -2.40. The maximum Gasteiger partial charge on any atom is 0.391 e. The third-order valence-electron chi connectivity index (χ3n) is 4.12. The van der Waals surface area contributed by atoms with E-state index < -0.39 is 30.4 Å². The van der Waals surface area contributed by atoms with Crippen molar-refractivity contribution in [2.75, 3.05) is 0 Å². The molecule has 5 nitrogen and oxygen atoms in total. The van der Waals surface area contributed by atoms with Gasteiger partial charge in [-0.3, -0.25) is 9.59 Å². The van der Waals surface area contributed by atoms with Crippen molar-refractivity contribution in [3.63, 3.8) is 0 Å². The van der Waals surface area contributed by atoms with Gasteiger partial charge in [-0.2, -0.15) is 13.2 Å². The molecule has 0 spiro atoms. The van der Waals surface area contributed by atoms with E-state index in [1.54, 1.807) is 6.92 Å². The SMILES string of the molecule is Cc1coc(CC(=O)O)c1C(=O)NC1CCC(C(F)(F)F)CC1. The summed E-state index contributed by atoms with van der Waals surface area (Å²) in [5, 5.41) is 11.5. The van der Waals surface area contributed by atoms with Gasteiger partial charge in [0.25, 0.3) is 5.91 Å². The van der Waals surface area contributed by atoms with Crippen molar-refractivity contribution in [3.8, 4) is 0 Å². The second-order valence-corrected chi connectivity index (χ2v) is 5.85. The zero-order valence-corrected chi connectivity index (χ0v) is 12.6. The molecule has 2 N–H and O–H groups in total. The van der Waals surface area contributed by atoms with Gasteiger partial charge in [0.1, 0.15) is 12.2 Å². The fourth-order valence-electron chi connectivity index (χ4n) is 2.89. The summed E-state index contributed by atoms with van der Waals surface area (Å²) in [6.45, 7) is 1.62. The molecule has 1 aliphatic rings. The van der Waals surface area contributed by atoms with Crippen molar-refractivity contribution in [3.05, 3.63) is 23.2 Å². The molecule has 0 saturated heterocycles. The van der Waals surface area contributed by atoms with E-state index >= 15 is 0 Å². The van der Waals surface area contributed by atoms with Gasteiger partial charge in [-0.15, -0.1) is 0 Å². The number of nitrogens with one attached hydrogen (secondary N) is 1. The van der Waals surface area contributed by atoms with Gasteiger partial charge in [-0.25, -0.2) is 0 Å². The molecule has 0 unspecified atom stereocenters. The van der Waals surface area contributed by atoms with Crippen LogP contribution in [0.15, 0.2) is 10.7 Å². The summed E-state index contributed by atoms with van der Waals surface area (Å²) in [6, 6.07) is -0.340. The molecular weight excluding hydrogens is 315 g/mol. The molecule has 0 bridgehead atoms. The second-order valence-electron chi connectivity index (χ2n) is 5.85. The summed E-state index contributed by atoms with van der Waals surface area (Å²) in [7, 11) is 0. The van der Waals surface area contributed by atoms with Crippen LogP contribution in [0.3, 0.4) is 0 Å². The Morgan fingerprint density at radius 3 is 2.43 bits per heavy atom. The number of rotatable bonds is 4. The molecule has 1 aromatic heterocycles. The van der Waals surface area contributed by atoms with Crippen molar-refractivity contribution in [1.29, 1.82) is 0 Å². The molecule has 128 valence electrons. The molecule has 0 aliphatic heterocycles. The summed E-state index contributed by atoms with van der Waals surface area (Å²) in [4.78, 5) is 23.1. The molecule has 1 aromatic rings. The number of carbonyl (C=O) groups is 2. The summed E-state index contributed by atoms with van der Waals surface area (Å²) in [6.07, 6.45) is -2.83. The monoisotopic (exact) mass is 333 g/mol. The van der Waals surface area contributed by atoms with Gasteiger partial charge >= 0.3 is 12.1 Å². The number of amides is 1. The molecule has 0 atom stereocenters. The smallest absolute Gasteiger partial charge is 0.391 e. The van der Waals surface area contributed by atoms with Crippen LogP contribution in [-0.2, 0) is 11.2 Å². The van der Waals surface area contributed by atoms with Gasteiger partial charge in [0, 0.05) is 11.6 Å². The molecule has 23 heavy (non-hydrogen) atoms. The highest BCUT2D eigenvalue weighted by Crippen LogP contribution is 2.37. The van der Waals surface area contributed by atoms with Gasteiger partial charge in [0.05, 0.1) is 17.7 Å². The van der Waals surface area contributed by atoms with E-state index in [9.17, 15) is 22.8 Å². The maximum absolute atomic E-state index is 12.6. The first-order valence-electron chi connectivity index (χ1n) is 7.34. The van der Waals surface area contributed by atoms with Crippen LogP contribution in [-0.4, -0.2) is 29.2 Å². The van der Waals surface area contributed by atoms with Crippen LogP contribution in [0.5, 0.6) is 0 Å². The Labute approximate surface area is 130 Å². The molecule has 8 heteroatoms. The zero-order chi connectivity index (χ0) is 17.2. The van der Waals surface area contributed by atoms with Crippen molar-refractivity contribution < 1.29 is 32.3 Å². The number of hydrogen-bond donors (Lipinski definition) is 2. The highest BCUT2D eigenvalue weighted by molar-refractivity contribution is 5.97. The minimum Gasteiger partial charge on any atom is -0.481 e. The number of furan rings is 1. The Morgan fingerprint density at radius 1 is 1.30 bits per heavy atom. The summed E-state index contributed by atoms with van der Waals surface area (Å²) in [5.41, 5.74) is 0.660. The van der Waals surface area contributed by atoms with E-state index in [2.05, 4.69) is 5.32 Å². The number of aryl methyl sites for hydroxylation is 1. The second kappa shape index (κ2) is 6.64. The lowest BCUT2D eigenvalue weighted by molar-refractivity contribution is -0.182. The topological polar surface area (TPSA) is 79.5 Å². The number of carbonyl (C=O) groups excluding carboxylic acids is 1. The van der Waals surface area contributed by atoms with Crippen LogP contribution in [0, 0.1) is 12.8 Å². The van der Waals surface area contributed by atoms with Crippen LogP contribution in [0.25, 0.3) is 0 Å². The Morgan fingerprint density at radius 2 is 1.91 bits per heavy atom. The Balaban J connectivity index is 1.98. The molecule has 2 rings (SSSR count). The van der Waals surface area contributed by atoms with Gasteiger partial charge < -0.3 is 14.8 Å². The fourth-order valence-corrected chi connectivity index (χ4v) is 2.89. The first-order chi connectivity index (χ1) is 10.7. The molecule has 1 aliphatic carbocycles. The quantitative estimate of drug-likeness (QED) is 0.887. The Hall–Kier alpha value is -1.99. The molecule has 1 heterocycles. The third-order valence-corrected chi connectivity index (χ3v) is 4.12. The molecule has 0 aromatic carbocycles. The average Bonchev–Trinajstić information content (AvgIpc) is 2.78. The van der Waals surface area contributed by atoms with Crippen LogP contribution in [0.4, 0.5) is 13.2 Å². The number of hydrogen-bond acceptors (Lipinski definition) is 3. The van der Waals surface area contributed by atoms with Crippen molar-refractivity contribution >= 4 is 11.9 Å². The fraction of sp³-hybridized carbons (Fsp3) is 0.600. The van der Waals surface area contributed by atoms with Crippen molar-refractivity contribution in [2.24, 2.45) is 5.92 Å². The standard InChI is InChI=1S/C15H18F3NO4/c1-8-7-23-11(6-12(20)21)13(8)14(22)19-10-4-2-9(3-5-10)15(16,17)18/h7,9-10H,2-6H2,1H3,(H,19,22)(H,20,21). The van der Waals surface area contributed by atoms with Gasteiger partial charge in [-0.05, 0) is 32.6 Å². The van der Waals surface area contributed by atoms with Crippen molar-refractivity contribution in [1.82, 2.24) is 5.32 Å². The molecular formula is C15H18F3NO4. The van der Waals surface area contributed by atoms with Gasteiger partial charge in [-0.1, -0.05) is 0 Å². The average molecular weight is 333 g/mol. The molecule has 1 fully saturated rings. The first kappa shape index (κ1) is 17.4. The normalized spacial score (nSPS) is 21.9. The number of halogens is 3. The minimum atomic E-state index is -4.19.